The van der Waals surface area contributed by atoms with Gasteiger partial charge in [0.15, 0.2) is 0 Å². The minimum atomic E-state index is 0.335. The van der Waals surface area contributed by atoms with E-state index in [1.807, 2.05) is 0 Å². The van der Waals surface area contributed by atoms with Crippen molar-refractivity contribution in [2.45, 2.75) is 58.9 Å². The molecule has 0 aliphatic carbocycles. The van der Waals surface area contributed by atoms with Gasteiger partial charge in [0.2, 0.25) is 0 Å². The quantitative estimate of drug-likeness (QED) is 0.758. The van der Waals surface area contributed by atoms with E-state index >= 15 is 0 Å². The van der Waals surface area contributed by atoms with Crippen molar-refractivity contribution in [2.75, 3.05) is 0 Å². The summed E-state index contributed by atoms with van der Waals surface area (Å²) >= 11 is 0. The Morgan fingerprint density at radius 1 is 1.18 bits per heavy atom. The first kappa shape index (κ1) is 14.2. The molecule has 1 heteroatoms. The highest BCUT2D eigenvalue weighted by atomic mass is 14.6. The maximum absolute atomic E-state index is 5.88. The fourth-order valence-corrected chi connectivity index (χ4v) is 2.39. The lowest BCUT2D eigenvalue weighted by atomic mass is 9.91. The Hall–Kier alpha value is -0.820. The van der Waals surface area contributed by atoms with E-state index in [0.717, 1.165) is 18.8 Å². The van der Waals surface area contributed by atoms with Crippen molar-refractivity contribution in [3.05, 3.63) is 35.4 Å². The molecule has 0 aliphatic rings. The first-order valence-corrected chi connectivity index (χ1v) is 6.99. The normalized spacial score (nSPS) is 14.6. The second-order valence-corrected chi connectivity index (χ2v) is 5.20. The van der Waals surface area contributed by atoms with Gasteiger partial charge in [0.05, 0.1) is 0 Å². The molecular weight excluding hydrogens is 206 g/mol. The summed E-state index contributed by atoms with van der Waals surface area (Å²) < 4.78 is 0. The Labute approximate surface area is 106 Å². The zero-order chi connectivity index (χ0) is 12.7. The minimum Gasteiger partial charge on any atom is -0.328 e. The zero-order valence-corrected chi connectivity index (χ0v) is 11.6. The van der Waals surface area contributed by atoms with E-state index in [0.29, 0.717) is 6.04 Å². The van der Waals surface area contributed by atoms with Gasteiger partial charge in [-0.2, -0.15) is 0 Å². The summed E-state index contributed by atoms with van der Waals surface area (Å²) in [5.41, 5.74) is 8.81. The van der Waals surface area contributed by atoms with Gasteiger partial charge in [0.1, 0.15) is 0 Å². The molecule has 17 heavy (non-hydrogen) atoms. The summed E-state index contributed by atoms with van der Waals surface area (Å²) in [5.74, 6) is 0.778. The van der Waals surface area contributed by atoms with Gasteiger partial charge in [-0.15, -0.1) is 0 Å². The molecule has 0 fully saturated rings. The van der Waals surface area contributed by atoms with Crippen LogP contribution in [0.25, 0.3) is 0 Å². The highest BCUT2D eigenvalue weighted by molar-refractivity contribution is 5.23. The Bertz CT molecular complexity index is 317. The van der Waals surface area contributed by atoms with Gasteiger partial charge in [-0.1, -0.05) is 44.5 Å². The smallest absolute Gasteiger partial charge is 0.00131 e. The lowest BCUT2D eigenvalue weighted by Gasteiger charge is -2.17. The topological polar surface area (TPSA) is 26.0 Å². The van der Waals surface area contributed by atoms with Gasteiger partial charge in [-0.05, 0) is 49.7 Å². The second kappa shape index (κ2) is 7.50. The SMILES string of the molecule is CCc1cccc(CCC(CC)CC(C)N)c1. The van der Waals surface area contributed by atoms with Crippen LogP contribution < -0.4 is 5.73 Å². The van der Waals surface area contributed by atoms with E-state index < -0.39 is 0 Å². The molecule has 2 unspecified atom stereocenters. The molecule has 0 aromatic heterocycles. The van der Waals surface area contributed by atoms with Gasteiger partial charge in [-0.3, -0.25) is 0 Å². The van der Waals surface area contributed by atoms with Crippen LogP contribution in [0.2, 0.25) is 0 Å². The summed E-state index contributed by atoms with van der Waals surface area (Å²) in [6, 6.07) is 9.32. The zero-order valence-electron chi connectivity index (χ0n) is 11.6. The number of aryl methyl sites for hydroxylation is 2. The standard InChI is InChI=1S/C16H27N/c1-4-14-7-6-8-16(12-14)10-9-15(5-2)11-13(3)17/h6-8,12-13,15H,4-5,9-11,17H2,1-3H3. The molecule has 2 atom stereocenters. The average Bonchev–Trinajstić information content (AvgIpc) is 2.34. The van der Waals surface area contributed by atoms with E-state index in [-0.39, 0.29) is 0 Å². The van der Waals surface area contributed by atoms with Crippen LogP contribution in [0.4, 0.5) is 0 Å². The Morgan fingerprint density at radius 3 is 2.47 bits per heavy atom. The monoisotopic (exact) mass is 233 g/mol. The Kier molecular flexibility index (Phi) is 6.28. The third-order valence-electron chi connectivity index (χ3n) is 3.52. The predicted molar refractivity (Wildman–Crippen MR) is 76.2 cm³/mol. The molecular formula is C16H27N. The van der Waals surface area contributed by atoms with Gasteiger partial charge in [-0.25, -0.2) is 0 Å². The van der Waals surface area contributed by atoms with Crippen LogP contribution in [0.15, 0.2) is 24.3 Å². The molecule has 0 heterocycles. The molecule has 1 nitrogen and oxygen atoms in total. The molecule has 0 saturated carbocycles. The molecule has 0 amide bonds. The van der Waals surface area contributed by atoms with Crippen LogP contribution in [0, 0.1) is 5.92 Å². The maximum Gasteiger partial charge on any atom is 0.00131 e. The molecule has 1 rings (SSSR count). The van der Waals surface area contributed by atoms with Crippen LogP contribution in [0.3, 0.4) is 0 Å². The van der Waals surface area contributed by atoms with Crippen LogP contribution in [0.1, 0.15) is 51.2 Å². The summed E-state index contributed by atoms with van der Waals surface area (Å²) in [6.07, 6.45) is 5.99. The van der Waals surface area contributed by atoms with Gasteiger partial charge in [0.25, 0.3) is 0 Å². The minimum absolute atomic E-state index is 0.335. The Balaban J connectivity index is 2.47. The summed E-state index contributed by atoms with van der Waals surface area (Å²) in [6.45, 7) is 6.60. The molecule has 1 aromatic carbocycles. The first-order chi connectivity index (χ1) is 8.15. The van der Waals surface area contributed by atoms with Crippen molar-refractivity contribution in [1.29, 1.82) is 0 Å². The highest BCUT2D eigenvalue weighted by Crippen LogP contribution is 2.18. The fraction of sp³-hybridized carbons (Fsp3) is 0.625. The molecule has 1 aromatic rings. The summed E-state index contributed by atoms with van der Waals surface area (Å²) in [7, 11) is 0. The van der Waals surface area contributed by atoms with E-state index in [1.54, 1.807) is 0 Å². The maximum atomic E-state index is 5.88. The van der Waals surface area contributed by atoms with Crippen LogP contribution in [-0.2, 0) is 12.8 Å². The summed E-state index contributed by atoms with van der Waals surface area (Å²) in [4.78, 5) is 0. The molecule has 0 radical (unpaired) electrons. The molecule has 0 bridgehead atoms. The lowest BCUT2D eigenvalue weighted by molar-refractivity contribution is 0.406. The first-order valence-electron chi connectivity index (χ1n) is 6.99. The molecule has 96 valence electrons. The van der Waals surface area contributed by atoms with Crippen molar-refractivity contribution in [3.8, 4) is 0 Å². The number of nitrogens with two attached hydrogens (primary N) is 1. The van der Waals surface area contributed by atoms with Crippen LogP contribution in [0.5, 0.6) is 0 Å². The molecule has 0 saturated heterocycles. The number of rotatable bonds is 7. The van der Waals surface area contributed by atoms with E-state index in [2.05, 4.69) is 45.0 Å². The number of benzene rings is 1. The van der Waals surface area contributed by atoms with Crippen molar-refractivity contribution in [1.82, 2.24) is 0 Å². The molecule has 2 N–H and O–H groups in total. The van der Waals surface area contributed by atoms with Gasteiger partial charge in [0, 0.05) is 6.04 Å². The fourth-order valence-electron chi connectivity index (χ4n) is 2.39. The molecule has 0 aliphatic heterocycles. The predicted octanol–water partition coefficient (Wildman–Crippen LogP) is 3.95. The lowest BCUT2D eigenvalue weighted by Crippen LogP contribution is -2.19. The van der Waals surface area contributed by atoms with E-state index in [9.17, 15) is 0 Å². The van der Waals surface area contributed by atoms with Gasteiger partial charge >= 0.3 is 0 Å². The largest absolute Gasteiger partial charge is 0.328 e. The van der Waals surface area contributed by atoms with E-state index in [1.165, 1.54) is 30.4 Å². The Morgan fingerprint density at radius 2 is 1.88 bits per heavy atom. The third kappa shape index (κ3) is 5.36. The molecule has 0 spiro atoms. The second-order valence-electron chi connectivity index (χ2n) is 5.20. The van der Waals surface area contributed by atoms with E-state index in [4.69, 9.17) is 5.73 Å². The van der Waals surface area contributed by atoms with Crippen LogP contribution in [-0.4, -0.2) is 6.04 Å². The average molecular weight is 233 g/mol. The number of hydrogen-bond donors (Lipinski definition) is 1. The highest BCUT2D eigenvalue weighted by Gasteiger charge is 2.09. The van der Waals surface area contributed by atoms with Gasteiger partial charge < -0.3 is 5.73 Å². The summed E-state index contributed by atoms with van der Waals surface area (Å²) in [5, 5.41) is 0. The van der Waals surface area contributed by atoms with Crippen molar-refractivity contribution < 1.29 is 0 Å². The number of hydrogen-bond acceptors (Lipinski definition) is 1. The van der Waals surface area contributed by atoms with Crippen molar-refractivity contribution >= 4 is 0 Å². The third-order valence-corrected chi connectivity index (χ3v) is 3.52. The van der Waals surface area contributed by atoms with Crippen molar-refractivity contribution in [2.24, 2.45) is 11.7 Å². The van der Waals surface area contributed by atoms with Crippen molar-refractivity contribution in [3.63, 3.8) is 0 Å². The van der Waals surface area contributed by atoms with Crippen LogP contribution >= 0.6 is 0 Å².